The molecule has 126 valence electrons. The molecule has 0 radical (unpaired) electrons. The molecule has 4 heteroatoms. The van der Waals surface area contributed by atoms with Crippen LogP contribution in [0.4, 0.5) is 5.69 Å². The second-order valence-corrected chi connectivity index (χ2v) is 5.90. The summed E-state index contributed by atoms with van der Waals surface area (Å²) in [5.74, 6) is -0.740. The third-order valence-electron chi connectivity index (χ3n) is 4.16. The molecular formula is C21H19NO3. The predicted molar refractivity (Wildman–Crippen MR) is 97.8 cm³/mol. The van der Waals surface area contributed by atoms with Gasteiger partial charge in [-0.25, -0.2) is 4.79 Å². The van der Waals surface area contributed by atoms with E-state index in [1.807, 2.05) is 61.5 Å². The zero-order valence-electron chi connectivity index (χ0n) is 14.4. The molecule has 1 aliphatic rings. The monoisotopic (exact) mass is 333 g/mol. The average Bonchev–Trinajstić information content (AvgIpc) is 2.85. The zero-order valence-corrected chi connectivity index (χ0v) is 14.4. The molecule has 0 saturated heterocycles. The largest absolute Gasteiger partial charge is 0.465 e. The van der Waals surface area contributed by atoms with Crippen LogP contribution in [0.5, 0.6) is 0 Å². The summed E-state index contributed by atoms with van der Waals surface area (Å²) in [5.41, 5.74) is 3.85. The molecule has 0 bridgehead atoms. The number of esters is 1. The lowest BCUT2D eigenvalue weighted by Crippen LogP contribution is -2.24. The van der Waals surface area contributed by atoms with E-state index in [1.165, 1.54) is 7.11 Å². The number of benzene rings is 2. The summed E-state index contributed by atoms with van der Waals surface area (Å²) in [6, 6.07) is 17.1. The number of allylic oxidation sites excluding steroid dienone is 1. The Labute approximate surface area is 147 Å². The van der Waals surface area contributed by atoms with E-state index in [-0.39, 0.29) is 5.91 Å². The van der Waals surface area contributed by atoms with E-state index in [0.29, 0.717) is 16.8 Å². The Bertz CT molecular complexity index is 894. The molecular weight excluding hydrogens is 314 g/mol. The summed E-state index contributed by atoms with van der Waals surface area (Å²) in [5, 5.41) is 0. The number of methoxy groups -OCH3 is 1. The number of ether oxygens (including phenoxy) is 1. The van der Waals surface area contributed by atoms with E-state index in [0.717, 1.165) is 16.8 Å². The van der Waals surface area contributed by atoms with Gasteiger partial charge in [0.15, 0.2) is 0 Å². The van der Waals surface area contributed by atoms with E-state index in [1.54, 1.807) is 17.9 Å². The van der Waals surface area contributed by atoms with Crippen molar-refractivity contribution < 1.29 is 14.3 Å². The van der Waals surface area contributed by atoms with Crippen molar-refractivity contribution in [2.24, 2.45) is 0 Å². The van der Waals surface area contributed by atoms with Gasteiger partial charge in [0, 0.05) is 11.4 Å². The molecule has 1 amide bonds. The summed E-state index contributed by atoms with van der Waals surface area (Å²) in [4.78, 5) is 26.9. The Kier molecular flexibility index (Phi) is 4.52. The number of aryl methyl sites for hydroxylation is 1. The van der Waals surface area contributed by atoms with Gasteiger partial charge in [0.2, 0.25) is 0 Å². The van der Waals surface area contributed by atoms with E-state index in [2.05, 4.69) is 0 Å². The molecule has 0 spiro atoms. The minimum atomic E-state index is -0.511. The normalized spacial score (nSPS) is 15.9. The molecule has 0 unspecified atom stereocenters. The molecule has 0 aromatic heterocycles. The van der Waals surface area contributed by atoms with E-state index >= 15 is 0 Å². The van der Waals surface area contributed by atoms with Crippen molar-refractivity contribution in [2.75, 3.05) is 12.0 Å². The number of carbonyl (C=O) groups excluding carboxylic acids is 2. The van der Waals surface area contributed by atoms with Crippen molar-refractivity contribution in [3.63, 3.8) is 0 Å². The first-order valence-electron chi connectivity index (χ1n) is 8.00. The highest BCUT2D eigenvalue weighted by atomic mass is 16.5. The fraction of sp³-hybridized carbons (Fsp3) is 0.143. The van der Waals surface area contributed by atoms with Gasteiger partial charge in [0.1, 0.15) is 0 Å². The van der Waals surface area contributed by atoms with Gasteiger partial charge in [-0.3, -0.25) is 9.69 Å². The Balaban J connectivity index is 2.15. The standard InChI is InChI=1S/C21H19NO3/c1-14-8-7-11-17(12-14)22-15(2)19(21(24)25-3)18(20(22)23)13-16-9-5-4-6-10-16/h4-13H,1-3H3/b18-13-. The van der Waals surface area contributed by atoms with Crippen LogP contribution >= 0.6 is 0 Å². The number of nitrogens with zero attached hydrogens (tertiary/aromatic N) is 1. The first-order valence-corrected chi connectivity index (χ1v) is 8.00. The van der Waals surface area contributed by atoms with Gasteiger partial charge in [-0.05, 0) is 43.2 Å². The van der Waals surface area contributed by atoms with Gasteiger partial charge in [-0.15, -0.1) is 0 Å². The lowest BCUT2D eigenvalue weighted by Gasteiger charge is -2.18. The third kappa shape index (κ3) is 3.11. The minimum absolute atomic E-state index is 0.229. The highest BCUT2D eigenvalue weighted by Crippen LogP contribution is 2.35. The predicted octanol–water partition coefficient (Wildman–Crippen LogP) is 3.87. The van der Waals surface area contributed by atoms with Gasteiger partial charge < -0.3 is 4.74 Å². The Morgan fingerprint density at radius 1 is 1.04 bits per heavy atom. The summed E-state index contributed by atoms with van der Waals surface area (Å²) >= 11 is 0. The molecule has 2 aromatic carbocycles. The van der Waals surface area contributed by atoms with Gasteiger partial charge in [-0.1, -0.05) is 42.5 Å². The molecule has 25 heavy (non-hydrogen) atoms. The highest BCUT2D eigenvalue weighted by Gasteiger charge is 2.37. The maximum atomic E-state index is 13.1. The van der Waals surface area contributed by atoms with Gasteiger partial charge in [-0.2, -0.15) is 0 Å². The molecule has 0 atom stereocenters. The van der Waals surface area contributed by atoms with Crippen molar-refractivity contribution in [1.29, 1.82) is 0 Å². The van der Waals surface area contributed by atoms with Crippen LogP contribution in [0, 0.1) is 6.92 Å². The van der Waals surface area contributed by atoms with Crippen LogP contribution in [0.3, 0.4) is 0 Å². The average molecular weight is 333 g/mol. The van der Waals surface area contributed by atoms with Crippen LogP contribution in [-0.2, 0) is 14.3 Å². The van der Waals surface area contributed by atoms with E-state index in [4.69, 9.17) is 4.74 Å². The third-order valence-corrected chi connectivity index (χ3v) is 4.16. The fourth-order valence-corrected chi connectivity index (χ4v) is 2.97. The minimum Gasteiger partial charge on any atom is -0.465 e. The second-order valence-electron chi connectivity index (χ2n) is 5.90. The van der Waals surface area contributed by atoms with Crippen molar-refractivity contribution in [3.05, 3.63) is 82.6 Å². The van der Waals surface area contributed by atoms with Crippen LogP contribution in [0.15, 0.2) is 71.4 Å². The van der Waals surface area contributed by atoms with Crippen LogP contribution in [-0.4, -0.2) is 19.0 Å². The number of rotatable bonds is 3. The van der Waals surface area contributed by atoms with E-state index in [9.17, 15) is 9.59 Å². The number of carbonyl (C=O) groups is 2. The quantitative estimate of drug-likeness (QED) is 0.633. The number of hydrogen-bond acceptors (Lipinski definition) is 3. The molecule has 2 aromatic rings. The number of amides is 1. The van der Waals surface area contributed by atoms with Crippen LogP contribution < -0.4 is 4.90 Å². The highest BCUT2D eigenvalue weighted by molar-refractivity contribution is 6.23. The summed E-state index contributed by atoms with van der Waals surface area (Å²) < 4.78 is 4.91. The Hall–Kier alpha value is -3.14. The maximum Gasteiger partial charge on any atom is 0.340 e. The molecule has 1 aliphatic heterocycles. The number of hydrogen-bond donors (Lipinski definition) is 0. The maximum absolute atomic E-state index is 13.1. The summed E-state index contributed by atoms with van der Waals surface area (Å²) in [6.07, 6.45) is 1.73. The molecule has 1 heterocycles. The second kappa shape index (κ2) is 6.77. The fourth-order valence-electron chi connectivity index (χ4n) is 2.97. The molecule has 3 rings (SSSR count). The van der Waals surface area contributed by atoms with Gasteiger partial charge >= 0.3 is 5.97 Å². The van der Waals surface area contributed by atoms with Crippen molar-refractivity contribution in [1.82, 2.24) is 0 Å². The zero-order chi connectivity index (χ0) is 18.0. The molecule has 0 saturated carbocycles. The van der Waals surface area contributed by atoms with Crippen molar-refractivity contribution >= 4 is 23.6 Å². The van der Waals surface area contributed by atoms with Crippen molar-refractivity contribution in [3.8, 4) is 0 Å². The molecule has 0 fully saturated rings. The van der Waals surface area contributed by atoms with Crippen LogP contribution in [0.2, 0.25) is 0 Å². The summed E-state index contributed by atoms with van der Waals surface area (Å²) in [7, 11) is 1.32. The SMILES string of the molecule is COC(=O)C1=C(C)N(c2cccc(C)c2)C(=O)/C1=C\c1ccccc1. The lowest BCUT2D eigenvalue weighted by molar-refractivity contribution is -0.136. The lowest BCUT2D eigenvalue weighted by atomic mass is 10.0. The first kappa shape index (κ1) is 16.7. The van der Waals surface area contributed by atoms with Gasteiger partial charge in [0.25, 0.3) is 5.91 Å². The Morgan fingerprint density at radius 3 is 2.40 bits per heavy atom. The smallest absolute Gasteiger partial charge is 0.340 e. The van der Waals surface area contributed by atoms with Gasteiger partial charge in [0.05, 0.1) is 18.3 Å². The van der Waals surface area contributed by atoms with Crippen LogP contribution in [0.25, 0.3) is 6.08 Å². The topological polar surface area (TPSA) is 46.6 Å². The Morgan fingerprint density at radius 2 is 1.76 bits per heavy atom. The molecule has 0 aliphatic carbocycles. The van der Waals surface area contributed by atoms with Crippen LogP contribution in [0.1, 0.15) is 18.1 Å². The molecule has 4 nitrogen and oxygen atoms in total. The van der Waals surface area contributed by atoms with E-state index < -0.39 is 5.97 Å². The summed E-state index contributed by atoms with van der Waals surface area (Å²) in [6.45, 7) is 3.73. The number of anilines is 1. The molecule has 0 N–H and O–H groups in total. The van der Waals surface area contributed by atoms with Crippen molar-refractivity contribution in [2.45, 2.75) is 13.8 Å². The first-order chi connectivity index (χ1) is 12.0.